The van der Waals surface area contributed by atoms with Crippen LogP contribution in [0.4, 0.5) is 0 Å². The highest BCUT2D eigenvalue weighted by Crippen LogP contribution is 2.29. The summed E-state index contributed by atoms with van der Waals surface area (Å²) in [6, 6.07) is 15.7. The Morgan fingerprint density at radius 3 is 2.47 bits per heavy atom. The van der Waals surface area contributed by atoms with E-state index in [2.05, 4.69) is 25.7 Å². The van der Waals surface area contributed by atoms with E-state index in [0.29, 0.717) is 18.2 Å². The summed E-state index contributed by atoms with van der Waals surface area (Å²) in [5, 5.41) is 18.5. The molecule has 1 N–H and O–H groups in total. The Bertz CT molecular complexity index is 1300. The molecular weight excluding hydrogens is 406 g/mol. The highest BCUT2D eigenvalue weighted by molar-refractivity contribution is 5.80. The largest absolute Gasteiger partial charge is 0.353 e. The molecule has 0 aliphatic rings. The van der Waals surface area contributed by atoms with Gasteiger partial charge in [-0.3, -0.25) is 9.36 Å². The van der Waals surface area contributed by atoms with E-state index in [0.717, 1.165) is 33.4 Å². The lowest BCUT2D eigenvalue weighted by atomic mass is 9.98. The van der Waals surface area contributed by atoms with Gasteiger partial charge in [-0.15, -0.1) is 20.0 Å². The SMILES string of the molecule is CC/C=C/c1nn(C(=O)CC)c(=O)n1Cc1ccc(-c2ccccc2-c2nn[nH]n2)cc1. The van der Waals surface area contributed by atoms with Crippen molar-refractivity contribution < 1.29 is 4.79 Å². The van der Waals surface area contributed by atoms with Crippen molar-refractivity contribution in [3.05, 3.63) is 76.5 Å². The number of nitrogens with one attached hydrogen (secondary N) is 1. The van der Waals surface area contributed by atoms with Gasteiger partial charge in [-0.1, -0.05) is 68.5 Å². The van der Waals surface area contributed by atoms with Crippen molar-refractivity contribution >= 4 is 12.0 Å². The number of H-pyrrole nitrogens is 1. The quantitative estimate of drug-likeness (QED) is 0.482. The third-order valence-corrected chi connectivity index (χ3v) is 5.05. The number of benzene rings is 2. The molecule has 9 nitrogen and oxygen atoms in total. The van der Waals surface area contributed by atoms with Crippen LogP contribution in [0, 0.1) is 0 Å². The van der Waals surface area contributed by atoms with Crippen LogP contribution in [-0.2, 0) is 6.54 Å². The van der Waals surface area contributed by atoms with E-state index in [9.17, 15) is 9.59 Å². The monoisotopic (exact) mass is 429 g/mol. The molecule has 2 heterocycles. The summed E-state index contributed by atoms with van der Waals surface area (Å²) in [6.45, 7) is 4.02. The van der Waals surface area contributed by atoms with Crippen molar-refractivity contribution in [2.24, 2.45) is 0 Å². The van der Waals surface area contributed by atoms with Gasteiger partial charge in [-0.25, -0.2) is 4.79 Å². The number of hydrogen-bond acceptors (Lipinski definition) is 6. The molecule has 32 heavy (non-hydrogen) atoms. The molecule has 0 bridgehead atoms. The average molecular weight is 429 g/mol. The minimum Gasteiger partial charge on any atom is -0.272 e. The van der Waals surface area contributed by atoms with Crippen molar-refractivity contribution in [1.29, 1.82) is 0 Å². The van der Waals surface area contributed by atoms with Gasteiger partial charge in [0.05, 0.1) is 6.54 Å². The summed E-state index contributed by atoms with van der Waals surface area (Å²) < 4.78 is 2.47. The molecule has 0 fully saturated rings. The van der Waals surface area contributed by atoms with Gasteiger partial charge in [0.15, 0.2) is 5.82 Å². The second-order valence-corrected chi connectivity index (χ2v) is 7.17. The van der Waals surface area contributed by atoms with E-state index >= 15 is 0 Å². The maximum absolute atomic E-state index is 12.8. The summed E-state index contributed by atoms with van der Waals surface area (Å²) in [6.07, 6.45) is 4.70. The zero-order valence-electron chi connectivity index (χ0n) is 17.9. The predicted octanol–water partition coefficient (Wildman–Crippen LogP) is 3.41. The van der Waals surface area contributed by atoms with Crippen LogP contribution >= 0.6 is 0 Å². The Morgan fingerprint density at radius 1 is 1.06 bits per heavy atom. The number of nitrogens with zero attached hydrogens (tertiary/aromatic N) is 6. The highest BCUT2D eigenvalue weighted by atomic mass is 16.2. The van der Waals surface area contributed by atoms with Crippen molar-refractivity contribution in [3.8, 4) is 22.5 Å². The van der Waals surface area contributed by atoms with E-state index in [-0.39, 0.29) is 12.3 Å². The Labute approximate surface area is 184 Å². The van der Waals surface area contributed by atoms with Gasteiger partial charge in [-0.2, -0.15) is 5.21 Å². The van der Waals surface area contributed by atoms with Crippen LogP contribution in [0.15, 0.2) is 59.4 Å². The summed E-state index contributed by atoms with van der Waals surface area (Å²) in [7, 11) is 0. The van der Waals surface area contributed by atoms with Crippen LogP contribution in [-0.4, -0.2) is 40.9 Å². The molecule has 0 saturated heterocycles. The summed E-state index contributed by atoms with van der Waals surface area (Å²) in [5.74, 6) is 0.662. The van der Waals surface area contributed by atoms with E-state index < -0.39 is 5.69 Å². The van der Waals surface area contributed by atoms with Crippen molar-refractivity contribution in [2.45, 2.75) is 33.2 Å². The first kappa shape index (κ1) is 21.1. The second-order valence-electron chi connectivity index (χ2n) is 7.17. The first-order valence-electron chi connectivity index (χ1n) is 10.4. The molecule has 0 unspecified atom stereocenters. The molecule has 0 radical (unpaired) electrons. The minimum absolute atomic E-state index is 0.211. The molecule has 4 rings (SSSR count). The summed E-state index contributed by atoms with van der Waals surface area (Å²) in [5.41, 5.74) is 3.33. The molecule has 0 aliphatic heterocycles. The maximum atomic E-state index is 12.8. The standard InChI is InChI=1S/C23H23N7O2/c1-3-5-10-20-26-30(21(31)4-2)23(32)29(20)15-16-11-13-17(14-12-16)18-8-6-7-9-19(18)22-24-27-28-25-22/h5-14H,3-4,15H2,1-2H3,(H,24,25,27,28)/b10-5+. The fourth-order valence-corrected chi connectivity index (χ4v) is 3.40. The first-order valence-corrected chi connectivity index (χ1v) is 10.4. The van der Waals surface area contributed by atoms with Gasteiger partial charge in [-0.05, 0) is 34.4 Å². The van der Waals surface area contributed by atoms with Crippen LogP contribution in [0.5, 0.6) is 0 Å². The Morgan fingerprint density at radius 2 is 1.81 bits per heavy atom. The van der Waals surface area contributed by atoms with Crippen molar-refractivity contribution in [1.82, 2.24) is 35.0 Å². The van der Waals surface area contributed by atoms with E-state index in [1.165, 1.54) is 4.57 Å². The molecule has 4 aromatic rings. The number of carbonyl (C=O) groups is 1. The van der Waals surface area contributed by atoms with Gasteiger partial charge >= 0.3 is 5.69 Å². The molecule has 2 aromatic carbocycles. The molecular formula is C23H23N7O2. The average Bonchev–Trinajstić information content (AvgIpc) is 3.47. The van der Waals surface area contributed by atoms with E-state index in [1.807, 2.05) is 61.5 Å². The van der Waals surface area contributed by atoms with E-state index in [1.54, 1.807) is 13.0 Å². The normalized spacial score (nSPS) is 11.3. The zero-order chi connectivity index (χ0) is 22.5. The topological polar surface area (TPSA) is 111 Å². The molecule has 0 spiro atoms. The number of aromatic amines is 1. The molecule has 9 heteroatoms. The summed E-state index contributed by atoms with van der Waals surface area (Å²) in [4.78, 5) is 24.9. The number of rotatable bonds is 7. The second kappa shape index (κ2) is 9.34. The van der Waals surface area contributed by atoms with Crippen LogP contribution in [0.3, 0.4) is 0 Å². The van der Waals surface area contributed by atoms with Gasteiger partial charge < -0.3 is 0 Å². The van der Waals surface area contributed by atoms with E-state index in [4.69, 9.17) is 0 Å². The molecule has 2 aromatic heterocycles. The number of aromatic nitrogens is 7. The Hall–Kier alpha value is -4.14. The van der Waals surface area contributed by atoms with Crippen LogP contribution in [0.1, 0.15) is 42.9 Å². The smallest absolute Gasteiger partial charge is 0.272 e. The lowest BCUT2D eigenvalue weighted by molar-refractivity contribution is 0.0887. The molecule has 162 valence electrons. The molecule has 0 atom stereocenters. The number of carbonyl (C=O) groups excluding carboxylic acids is 1. The van der Waals surface area contributed by atoms with Gasteiger partial charge in [0, 0.05) is 12.0 Å². The third kappa shape index (κ3) is 4.18. The van der Waals surface area contributed by atoms with Gasteiger partial charge in [0.1, 0.15) is 0 Å². The lowest BCUT2D eigenvalue weighted by Gasteiger charge is -2.09. The maximum Gasteiger partial charge on any atom is 0.353 e. The Balaban J connectivity index is 1.66. The Kier molecular flexibility index (Phi) is 6.16. The number of tetrazole rings is 1. The van der Waals surface area contributed by atoms with Crippen molar-refractivity contribution in [2.75, 3.05) is 0 Å². The molecule has 0 amide bonds. The third-order valence-electron chi connectivity index (χ3n) is 5.05. The number of hydrogen-bond donors (Lipinski definition) is 1. The number of allylic oxidation sites excluding steroid dienone is 1. The predicted molar refractivity (Wildman–Crippen MR) is 121 cm³/mol. The van der Waals surface area contributed by atoms with Crippen LogP contribution in [0.2, 0.25) is 0 Å². The fourth-order valence-electron chi connectivity index (χ4n) is 3.40. The summed E-state index contributed by atoms with van der Waals surface area (Å²) >= 11 is 0. The fraction of sp³-hybridized carbons (Fsp3) is 0.217. The van der Waals surface area contributed by atoms with Gasteiger partial charge in [0.2, 0.25) is 5.82 Å². The van der Waals surface area contributed by atoms with Crippen LogP contribution in [0.25, 0.3) is 28.6 Å². The first-order chi connectivity index (χ1) is 15.6. The van der Waals surface area contributed by atoms with Crippen LogP contribution < -0.4 is 5.69 Å². The molecule has 0 saturated carbocycles. The highest BCUT2D eigenvalue weighted by Gasteiger charge is 2.16. The molecule has 0 aliphatic carbocycles. The van der Waals surface area contributed by atoms with Crippen molar-refractivity contribution in [3.63, 3.8) is 0 Å². The lowest BCUT2D eigenvalue weighted by Crippen LogP contribution is -2.29. The minimum atomic E-state index is -0.431. The van der Waals surface area contributed by atoms with Gasteiger partial charge in [0.25, 0.3) is 5.91 Å². The zero-order valence-corrected chi connectivity index (χ0v) is 17.9.